The molecule has 0 aliphatic heterocycles. The molecule has 2 aromatic carbocycles. The first-order valence-electron chi connectivity index (χ1n) is 6.02. The van der Waals surface area contributed by atoms with E-state index in [9.17, 15) is 18.3 Å². The number of para-hydroxylation sites is 1. The Balaban J connectivity index is 2.03. The molecule has 1 unspecified atom stereocenters. The van der Waals surface area contributed by atoms with E-state index in [1.807, 2.05) is 18.2 Å². The normalized spacial score (nSPS) is 13.0. The van der Waals surface area contributed by atoms with Gasteiger partial charge in [0.1, 0.15) is 11.5 Å². The van der Waals surface area contributed by atoms with E-state index in [0.717, 1.165) is 0 Å². The minimum atomic E-state index is -4.39. The number of halogens is 3. The van der Waals surface area contributed by atoms with Crippen molar-refractivity contribution < 1.29 is 23.0 Å². The summed E-state index contributed by atoms with van der Waals surface area (Å²) in [5.74, 6) is 1.13. The second kappa shape index (κ2) is 5.96. The molecule has 0 aliphatic rings. The summed E-state index contributed by atoms with van der Waals surface area (Å²) in [6, 6.07) is 14.9. The highest BCUT2D eigenvalue weighted by Crippen LogP contribution is 2.30. The molecule has 1 atom stereocenters. The van der Waals surface area contributed by atoms with Crippen molar-refractivity contribution in [2.45, 2.75) is 18.7 Å². The molecule has 2 aromatic rings. The van der Waals surface area contributed by atoms with Crippen molar-refractivity contribution in [3.63, 3.8) is 0 Å². The number of hydrogen-bond donors (Lipinski definition) is 1. The third-order valence-electron chi connectivity index (χ3n) is 2.67. The zero-order valence-electron chi connectivity index (χ0n) is 10.5. The highest BCUT2D eigenvalue weighted by atomic mass is 19.4. The fraction of sp³-hybridized carbons (Fsp3) is 0.200. The van der Waals surface area contributed by atoms with E-state index < -0.39 is 18.7 Å². The summed E-state index contributed by atoms with van der Waals surface area (Å²) in [6.45, 7) is 0. The molecule has 20 heavy (non-hydrogen) atoms. The van der Waals surface area contributed by atoms with Crippen LogP contribution in [-0.2, 0) is 0 Å². The molecule has 0 radical (unpaired) electrons. The predicted octanol–water partition coefficient (Wildman–Crippen LogP) is 4.46. The molecule has 0 amide bonds. The van der Waals surface area contributed by atoms with Gasteiger partial charge in [0, 0.05) is 0 Å². The highest BCUT2D eigenvalue weighted by molar-refractivity contribution is 5.33. The standard InChI is InChI=1S/C15H13F3O2/c16-15(17,18)10-14(19)11-6-8-13(9-7-11)20-12-4-2-1-3-5-12/h1-9,14,19H,10H2. The quantitative estimate of drug-likeness (QED) is 0.896. The van der Waals surface area contributed by atoms with Gasteiger partial charge in [0.2, 0.25) is 0 Å². The molecule has 0 aromatic heterocycles. The van der Waals surface area contributed by atoms with Gasteiger partial charge in [0.05, 0.1) is 12.5 Å². The topological polar surface area (TPSA) is 29.5 Å². The van der Waals surface area contributed by atoms with Crippen LogP contribution in [0.1, 0.15) is 18.1 Å². The highest BCUT2D eigenvalue weighted by Gasteiger charge is 2.31. The minimum absolute atomic E-state index is 0.211. The third kappa shape index (κ3) is 4.28. The maximum Gasteiger partial charge on any atom is 0.391 e. The van der Waals surface area contributed by atoms with Gasteiger partial charge in [-0.25, -0.2) is 0 Å². The van der Waals surface area contributed by atoms with Crippen LogP contribution in [0.15, 0.2) is 54.6 Å². The molecule has 0 saturated heterocycles. The number of aliphatic hydroxyl groups is 1. The molecular formula is C15H13F3O2. The molecule has 0 bridgehead atoms. The number of aliphatic hydroxyl groups excluding tert-OH is 1. The second-order valence-electron chi connectivity index (χ2n) is 4.32. The van der Waals surface area contributed by atoms with Gasteiger partial charge < -0.3 is 9.84 Å². The lowest BCUT2D eigenvalue weighted by molar-refractivity contribution is -0.154. The Morgan fingerprint density at radius 3 is 2.00 bits per heavy atom. The van der Waals surface area contributed by atoms with Gasteiger partial charge in [-0.3, -0.25) is 0 Å². The Bertz CT molecular complexity index is 535. The summed E-state index contributed by atoms with van der Waals surface area (Å²) >= 11 is 0. The monoisotopic (exact) mass is 282 g/mol. The number of hydrogen-bond acceptors (Lipinski definition) is 2. The first-order chi connectivity index (χ1) is 9.44. The lowest BCUT2D eigenvalue weighted by Gasteiger charge is -2.14. The van der Waals surface area contributed by atoms with Crippen LogP contribution in [0.25, 0.3) is 0 Å². The number of ether oxygens (including phenoxy) is 1. The third-order valence-corrected chi connectivity index (χ3v) is 2.67. The molecule has 0 saturated carbocycles. The maximum atomic E-state index is 12.2. The van der Waals surface area contributed by atoms with Gasteiger partial charge in [0.25, 0.3) is 0 Å². The van der Waals surface area contributed by atoms with Gasteiger partial charge in [0.15, 0.2) is 0 Å². The zero-order valence-corrected chi connectivity index (χ0v) is 10.5. The molecule has 0 aliphatic carbocycles. The summed E-state index contributed by atoms with van der Waals surface area (Å²) in [5, 5.41) is 9.48. The van der Waals surface area contributed by atoms with E-state index in [1.54, 1.807) is 12.1 Å². The minimum Gasteiger partial charge on any atom is -0.457 e. The smallest absolute Gasteiger partial charge is 0.391 e. The summed E-state index contributed by atoms with van der Waals surface area (Å²) in [5.41, 5.74) is 0.211. The first kappa shape index (κ1) is 14.4. The van der Waals surface area contributed by atoms with Crippen molar-refractivity contribution in [1.82, 2.24) is 0 Å². The van der Waals surface area contributed by atoms with Crippen molar-refractivity contribution >= 4 is 0 Å². The SMILES string of the molecule is OC(CC(F)(F)F)c1ccc(Oc2ccccc2)cc1. The van der Waals surface area contributed by atoms with Gasteiger partial charge in [-0.1, -0.05) is 30.3 Å². The lowest BCUT2D eigenvalue weighted by atomic mass is 10.1. The van der Waals surface area contributed by atoms with E-state index in [0.29, 0.717) is 11.5 Å². The Labute approximate surface area is 114 Å². The first-order valence-corrected chi connectivity index (χ1v) is 6.02. The molecule has 1 N–H and O–H groups in total. The van der Waals surface area contributed by atoms with E-state index in [4.69, 9.17) is 4.74 Å². The van der Waals surface area contributed by atoms with Crippen molar-refractivity contribution in [3.05, 3.63) is 60.2 Å². The fourth-order valence-corrected chi connectivity index (χ4v) is 1.72. The van der Waals surface area contributed by atoms with E-state index >= 15 is 0 Å². The zero-order chi connectivity index (χ0) is 14.6. The van der Waals surface area contributed by atoms with Crippen molar-refractivity contribution in [3.8, 4) is 11.5 Å². The summed E-state index contributed by atoms with van der Waals surface area (Å²) in [4.78, 5) is 0. The van der Waals surface area contributed by atoms with E-state index in [-0.39, 0.29) is 5.56 Å². The van der Waals surface area contributed by atoms with Gasteiger partial charge in [-0.15, -0.1) is 0 Å². The Kier molecular flexibility index (Phi) is 4.29. The van der Waals surface area contributed by atoms with Crippen LogP contribution in [0.5, 0.6) is 11.5 Å². The molecule has 2 nitrogen and oxygen atoms in total. The summed E-state index contributed by atoms with van der Waals surface area (Å²) < 4.78 is 42.0. The van der Waals surface area contributed by atoms with Crippen LogP contribution in [0.3, 0.4) is 0 Å². The molecule has 0 fully saturated rings. The largest absolute Gasteiger partial charge is 0.457 e. The van der Waals surface area contributed by atoms with Gasteiger partial charge in [-0.05, 0) is 29.8 Å². The Morgan fingerprint density at radius 1 is 0.900 bits per heavy atom. The van der Waals surface area contributed by atoms with Crippen LogP contribution in [0.4, 0.5) is 13.2 Å². The van der Waals surface area contributed by atoms with E-state index in [1.165, 1.54) is 24.3 Å². The van der Waals surface area contributed by atoms with Crippen LogP contribution >= 0.6 is 0 Å². The Morgan fingerprint density at radius 2 is 1.45 bits per heavy atom. The molecular weight excluding hydrogens is 269 g/mol. The van der Waals surface area contributed by atoms with E-state index in [2.05, 4.69) is 0 Å². The second-order valence-corrected chi connectivity index (χ2v) is 4.32. The van der Waals surface area contributed by atoms with Crippen molar-refractivity contribution in [1.29, 1.82) is 0 Å². The number of rotatable bonds is 4. The predicted molar refractivity (Wildman–Crippen MR) is 68.6 cm³/mol. The van der Waals surface area contributed by atoms with Crippen molar-refractivity contribution in [2.75, 3.05) is 0 Å². The van der Waals surface area contributed by atoms with Crippen LogP contribution in [0, 0.1) is 0 Å². The molecule has 0 spiro atoms. The average Bonchev–Trinajstić information content (AvgIpc) is 2.39. The van der Waals surface area contributed by atoms with Gasteiger partial charge in [-0.2, -0.15) is 13.2 Å². The summed E-state index contributed by atoms with van der Waals surface area (Å²) in [7, 11) is 0. The lowest BCUT2D eigenvalue weighted by Crippen LogP contribution is -2.13. The molecule has 2 rings (SSSR count). The average molecular weight is 282 g/mol. The maximum absolute atomic E-state index is 12.2. The molecule has 0 heterocycles. The van der Waals surface area contributed by atoms with Gasteiger partial charge >= 0.3 is 6.18 Å². The van der Waals surface area contributed by atoms with Crippen LogP contribution < -0.4 is 4.74 Å². The molecule has 5 heteroatoms. The fourth-order valence-electron chi connectivity index (χ4n) is 1.72. The Hall–Kier alpha value is -2.01. The number of alkyl halides is 3. The van der Waals surface area contributed by atoms with Crippen LogP contribution in [0.2, 0.25) is 0 Å². The van der Waals surface area contributed by atoms with Crippen molar-refractivity contribution in [2.24, 2.45) is 0 Å². The van der Waals surface area contributed by atoms with Crippen LogP contribution in [-0.4, -0.2) is 11.3 Å². The molecule has 106 valence electrons. The number of benzene rings is 2. The summed E-state index contributed by atoms with van der Waals surface area (Å²) in [6.07, 6.45) is -7.20.